The number of aliphatic hydroxyl groups is 1. The van der Waals surface area contributed by atoms with Crippen LogP contribution in [0.3, 0.4) is 0 Å². The smallest absolute Gasteiger partial charge is 0.353 e. The first-order valence-corrected chi connectivity index (χ1v) is 8.22. The Morgan fingerprint density at radius 1 is 1.04 bits per heavy atom. The molecule has 3 rings (SSSR count). The molecule has 1 heterocycles. The van der Waals surface area contributed by atoms with Crippen molar-refractivity contribution in [3.05, 3.63) is 59.7 Å². The first-order valence-electron chi connectivity index (χ1n) is 8.22. The predicted molar refractivity (Wildman–Crippen MR) is 95.2 cm³/mol. The van der Waals surface area contributed by atoms with Gasteiger partial charge in [0.05, 0.1) is 6.54 Å². The highest BCUT2D eigenvalue weighted by atomic mass is 16.2. The number of rotatable bonds is 5. The Bertz CT molecular complexity index is 735. The second-order valence-electron chi connectivity index (χ2n) is 5.26. The number of nitrogens with one attached hydrogen (secondary N) is 1. The van der Waals surface area contributed by atoms with Gasteiger partial charge in [-0.3, -0.25) is 5.73 Å². The van der Waals surface area contributed by atoms with E-state index in [0.717, 1.165) is 30.4 Å². The maximum atomic E-state index is 8.92. The highest BCUT2D eigenvalue weighted by Crippen LogP contribution is 2.15. The molecule has 4 N–H and O–H groups in total. The first kappa shape index (κ1) is 17.0. The lowest BCUT2D eigenvalue weighted by molar-refractivity contribution is -0.647. The summed E-state index contributed by atoms with van der Waals surface area (Å²) in [6, 6.07) is 16.6. The highest BCUT2D eigenvalue weighted by molar-refractivity contribution is 5.73. The van der Waals surface area contributed by atoms with Gasteiger partial charge < -0.3 is 5.11 Å². The van der Waals surface area contributed by atoms with E-state index in [9.17, 15) is 0 Å². The number of aromatic nitrogens is 2. The van der Waals surface area contributed by atoms with Gasteiger partial charge in [-0.05, 0) is 36.1 Å². The molecule has 0 saturated heterocycles. The summed E-state index contributed by atoms with van der Waals surface area (Å²) in [7, 11) is 0. The van der Waals surface area contributed by atoms with Gasteiger partial charge in [0.25, 0.3) is 0 Å². The number of anilines is 1. The molecule has 23 heavy (non-hydrogen) atoms. The summed E-state index contributed by atoms with van der Waals surface area (Å²) in [6.07, 6.45) is 1.66. The molecule has 4 heteroatoms. The minimum absolute atomic E-state index is 0.221. The van der Waals surface area contributed by atoms with E-state index in [1.807, 2.05) is 32.0 Å². The van der Waals surface area contributed by atoms with Crippen molar-refractivity contribution in [2.24, 2.45) is 0 Å². The normalized spacial score (nSPS) is 10.4. The minimum Gasteiger partial charge on any atom is -0.396 e. The Labute approximate surface area is 137 Å². The molecule has 2 aromatic carbocycles. The quantitative estimate of drug-likeness (QED) is 0.634. The fourth-order valence-electron chi connectivity index (χ4n) is 2.63. The zero-order valence-electron chi connectivity index (χ0n) is 13.9. The van der Waals surface area contributed by atoms with Gasteiger partial charge in [-0.25, -0.2) is 9.55 Å². The zero-order valence-corrected chi connectivity index (χ0v) is 13.9. The summed E-state index contributed by atoms with van der Waals surface area (Å²) in [5.41, 5.74) is 10.7. The molecule has 0 radical (unpaired) electrons. The molecular formula is C19H26N3O+. The number of hydrogen-bond acceptors (Lipinski definition) is 2. The zero-order chi connectivity index (χ0) is 16.7. The Balaban J connectivity index is 0.000000924. The predicted octanol–water partition coefficient (Wildman–Crippen LogP) is 3.04. The molecule has 0 unspecified atom stereocenters. The molecule has 0 aliphatic carbocycles. The van der Waals surface area contributed by atoms with E-state index in [-0.39, 0.29) is 6.61 Å². The summed E-state index contributed by atoms with van der Waals surface area (Å²) in [5, 5.41) is 8.92. The maximum Gasteiger partial charge on any atom is 0.353 e. The number of nitrogens with zero attached hydrogens (tertiary/aromatic N) is 1. The fourth-order valence-corrected chi connectivity index (χ4v) is 2.63. The minimum atomic E-state index is 0.221. The van der Waals surface area contributed by atoms with Gasteiger partial charge in [-0.1, -0.05) is 50.2 Å². The third kappa shape index (κ3) is 4.11. The molecule has 0 atom stereocenters. The van der Waals surface area contributed by atoms with Crippen LogP contribution in [-0.2, 0) is 13.0 Å². The molecule has 122 valence electrons. The van der Waals surface area contributed by atoms with E-state index in [1.54, 1.807) is 0 Å². The van der Waals surface area contributed by atoms with Gasteiger partial charge in [0, 0.05) is 6.61 Å². The van der Waals surface area contributed by atoms with Gasteiger partial charge in [0.15, 0.2) is 0 Å². The number of fused-ring (bicyclic) bond motifs is 1. The summed E-state index contributed by atoms with van der Waals surface area (Å²) in [4.78, 5) is 3.24. The van der Waals surface area contributed by atoms with Crippen molar-refractivity contribution in [3.8, 4) is 0 Å². The van der Waals surface area contributed by atoms with Crippen LogP contribution in [0, 0.1) is 0 Å². The van der Waals surface area contributed by atoms with Crippen molar-refractivity contribution >= 4 is 17.0 Å². The molecule has 0 spiro atoms. The van der Waals surface area contributed by atoms with Crippen molar-refractivity contribution < 1.29 is 9.67 Å². The van der Waals surface area contributed by atoms with Crippen LogP contribution in [0.4, 0.5) is 5.95 Å². The summed E-state index contributed by atoms with van der Waals surface area (Å²) in [6.45, 7) is 4.97. The number of hydrogen-bond donors (Lipinski definition) is 3. The molecule has 0 fully saturated rings. The molecule has 0 aliphatic rings. The SMILES string of the molecule is CC.Nc1[nH]c2cc(CCCO)ccc2[n+]1Cc1ccccc1. The number of benzene rings is 2. The molecule has 4 nitrogen and oxygen atoms in total. The fraction of sp³-hybridized carbons (Fsp3) is 0.316. The van der Waals surface area contributed by atoms with Gasteiger partial charge in [0.2, 0.25) is 0 Å². The molecule has 0 saturated carbocycles. The van der Waals surface area contributed by atoms with Crippen molar-refractivity contribution in [3.63, 3.8) is 0 Å². The van der Waals surface area contributed by atoms with E-state index in [0.29, 0.717) is 5.95 Å². The van der Waals surface area contributed by atoms with Crippen molar-refractivity contribution in [2.75, 3.05) is 12.3 Å². The Hall–Kier alpha value is -2.33. The summed E-state index contributed by atoms with van der Waals surface area (Å²) in [5.74, 6) is 0.660. The Morgan fingerprint density at radius 3 is 2.48 bits per heavy atom. The van der Waals surface area contributed by atoms with Crippen LogP contribution in [-0.4, -0.2) is 16.7 Å². The van der Waals surface area contributed by atoms with E-state index in [2.05, 4.69) is 39.9 Å². The number of aliphatic hydroxyl groups excluding tert-OH is 1. The third-order valence-electron chi connectivity index (χ3n) is 3.71. The lowest BCUT2D eigenvalue weighted by Gasteiger charge is -2.02. The third-order valence-corrected chi connectivity index (χ3v) is 3.71. The van der Waals surface area contributed by atoms with E-state index < -0.39 is 0 Å². The number of aryl methyl sites for hydroxylation is 1. The van der Waals surface area contributed by atoms with Gasteiger partial charge in [-0.2, -0.15) is 0 Å². The summed E-state index contributed by atoms with van der Waals surface area (Å²) < 4.78 is 2.08. The summed E-state index contributed by atoms with van der Waals surface area (Å²) >= 11 is 0. The van der Waals surface area contributed by atoms with Crippen LogP contribution in [0.25, 0.3) is 11.0 Å². The van der Waals surface area contributed by atoms with Gasteiger partial charge in [0.1, 0.15) is 11.0 Å². The molecule has 0 bridgehead atoms. The van der Waals surface area contributed by atoms with Crippen LogP contribution < -0.4 is 10.3 Å². The topological polar surface area (TPSA) is 65.9 Å². The number of nitrogens with two attached hydrogens (primary N) is 1. The van der Waals surface area contributed by atoms with Gasteiger partial charge >= 0.3 is 5.95 Å². The van der Waals surface area contributed by atoms with Crippen LogP contribution in [0.1, 0.15) is 31.4 Å². The molecular weight excluding hydrogens is 286 g/mol. The lowest BCUT2D eigenvalue weighted by Crippen LogP contribution is -2.36. The maximum absolute atomic E-state index is 8.92. The standard InChI is InChI=1S/C17H19N3O.C2H6/c18-17-19-15-11-13(7-4-10-21)8-9-16(15)20(17)12-14-5-2-1-3-6-14;1-2/h1-3,5-6,8-9,11,21H,4,7,10,12H2,(H2,18,19);1-2H3/p+1. The van der Waals surface area contributed by atoms with Crippen LogP contribution in [0.15, 0.2) is 48.5 Å². The highest BCUT2D eigenvalue weighted by Gasteiger charge is 2.14. The van der Waals surface area contributed by atoms with Crippen molar-refractivity contribution in [2.45, 2.75) is 33.2 Å². The van der Waals surface area contributed by atoms with Crippen LogP contribution in [0.5, 0.6) is 0 Å². The van der Waals surface area contributed by atoms with E-state index in [4.69, 9.17) is 10.8 Å². The van der Waals surface area contributed by atoms with E-state index >= 15 is 0 Å². The Kier molecular flexibility index (Phi) is 6.18. The molecule has 0 amide bonds. The van der Waals surface area contributed by atoms with Gasteiger partial charge in [-0.15, -0.1) is 0 Å². The number of nitrogen functional groups attached to an aromatic ring is 1. The lowest BCUT2D eigenvalue weighted by atomic mass is 10.1. The molecule has 1 aromatic heterocycles. The molecule has 0 aliphatic heterocycles. The number of imidazole rings is 1. The largest absolute Gasteiger partial charge is 0.396 e. The second kappa shape index (κ2) is 8.34. The van der Waals surface area contributed by atoms with Crippen molar-refractivity contribution in [1.82, 2.24) is 4.98 Å². The number of H-pyrrole nitrogens is 1. The van der Waals surface area contributed by atoms with Crippen LogP contribution in [0.2, 0.25) is 0 Å². The Morgan fingerprint density at radius 2 is 1.78 bits per heavy atom. The second-order valence-corrected chi connectivity index (χ2v) is 5.26. The average molecular weight is 312 g/mol. The number of aromatic amines is 1. The van der Waals surface area contributed by atoms with Crippen LogP contribution >= 0.6 is 0 Å². The first-order chi connectivity index (χ1) is 11.3. The average Bonchev–Trinajstić information content (AvgIpc) is 2.91. The van der Waals surface area contributed by atoms with Crippen molar-refractivity contribution in [1.29, 1.82) is 0 Å². The molecule has 3 aromatic rings. The monoisotopic (exact) mass is 312 g/mol. The van der Waals surface area contributed by atoms with E-state index in [1.165, 1.54) is 11.1 Å².